The van der Waals surface area contributed by atoms with Crippen molar-refractivity contribution in [3.63, 3.8) is 0 Å². The molecule has 0 aliphatic carbocycles. The highest BCUT2D eigenvalue weighted by Crippen LogP contribution is 2.25. The van der Waals surface area contributed by atoms with Crippen molar-refractivity contribution >= 4 is 5.69 Å². The number of nitrogens with zero attached hydrogens (tertiary/aromatic N) is 3. The van der Waals surface area contributed by atoms with Crippen LogP contribution < -0.4 is 14.8 Å². The van der Waals surface area contributed by atoms with Crippen molar-refractivity contribution in [2.75, 3.05) is 25.1 Å². The van der Waals surface area contributed by atoms with Gasteiger partial charge in [0.15, 0.2) is 5.82 Å². The van der Waals surface area contributed by atoms with Crippen LogP contribution >= 0.6 is 0 Å². The molecular formula is C27H30N4O3. The molecule has 0 spiro atoms. The normalized spacial score (nSPS) is 11.8. The molecule has 4 aromatic rings. The van der Waals surface area contributed by atoms with E-state index in [0.717, 1.165) is 28.3 Å². The molecule has 0 radical (unpaired) electrons. The molecule has 0 aliphatic heterocycles. The number of ether oxygens (including phenoxy) is 2. The molecule has 1 heterocycles. The fourth-order valence-electron chi connectivity index (χ4n) is 3.47. The van der Waals surface area contributed by atoms with Gasteiger partial charge in [0, 0.05) is 17.8 Å². The molecule has 1 aromatic heterocycles. The van der Waals surface area contributed by atoms with E-state index in [1.807, 2.05) is 74.5 Å². The maximum atomic E-state index is 10.3. The first-order valence-corrected chi connectivity index (χ1v) is 11.4. The Hall–Kier alpha value is -3.84. The number of hydrogen-bond acceptors (Lipinski definition) is 6. The molecule has 0 fully saturated rings. The summed E-state index contributed by atoms with van der Waals surface area (Å²) in [5.41, 5.74) is 4.94. The largest absolute Gasteiger partial charge is 0.491 e. The van der Waals surface area contributed by atoms with Crippen molar-refractivity contribution in [2.24, 2.45) is 0 Å². The maximum absolute atomic E-state index is 10.3. The van der Waals surface area contributed by atoms with Crippen LogP contribution in [0.15, 0.2) is 72.8 Å². The monoisotopic (exact) mass is 458 g/mol. The summed E-state index contributed by atoms with van der Waals surface area (Å²) in [4.78, 5) is 4.58. The van der Waals surface area contributed by atoms with E-state index in [0.29, 0.717) is 25.0 Å². The molecule has 34 heavy (non-hydrogen) atoms. The molecule has 1 atom stereocenters. The van der Waals surface area contributed by atoms with E-state index in [1.165, 1.54) is 5.56 Å². The van der Waals surface area contributed by atoms with Gasteiger partial charge in [-0.15, -0.1) is 5.10 Å². The van der Waals surface area contributed by atoms with Gasteiger partial charge in [-0.25, -0.2) is 4.68 Å². The van der Waals surface area contributed by atoms with Gasteiger partial charge >= 0.3 is 6.01 Å². The minimum absolute atomic E-state index is 0.217. The van der Waals surface area contributed by atoms with E-state index >= 15 is 0 Å². The topological polar surface area (TPSA) is 81.4 Å². The number of aromatic nitrogens is 3. The van der Waals surface area contributed by atoms with Crippen LogP contribution in [0.3, 0.4) is 0 Å². The van der Waals surface area contributed by atoms with Gasteiger partial charge in [0.1, 0.15) is 18.5 Å². The average molecular weight is 459 g/mol. The molecular weight excluding hydrogens is 428 g/mol. The van der Waals surface area contributed by atoms with Crippen molar-refractivity contribution in [3.8, 4) is 28.8 Å². The van der Waals surface area contributed by atoms with Crippen LogP contribution in [0.25, 0.3) is 17.1 Å². The Morgan fingerprint density at radius 1 is 0.941 bits per heavy atom. The van der Waals surface area contributed by atoms with Crippen molar-refractivity contribution < 1.29 is 14.6 Å². The third-order valence-electron chi connectivity index (χ3n) is 5.35. The van der Waals surface area contributed by atoms with E-state index in [4.69, 9.17) is 9.47 Å². The minimum atomic E-state index is -0.642. The molecule has 0 aliphatic rings. The molecule has 176 valence electrons. The maximum Gasteiger partial charge on any atom is 0.336 e. The second kappa shape index (κ2) is 10.9. The van der Waals surface area contributed by atoms with Gasteiger partial charge in [0.05, 0.1) is 12.3 Å². The quantitative estimate of drug-likeness (QED) is 0.355. The molecule has 0 saturated heterocycles. The number of benzene rings is 3. The first-order valence-electron chi connectivity index (χ1n) is 11.4. The summed E-state index contributed by atoms with van der Waals surface area (Å²) in [6.07, 6.45) is -0.642. The number of para-hydroxylation sites is 1. The summed E-state index contributed by atoms with van der Waals surface area (Å²) >= 11 is 0. The molecule has 0 bridgehead atoms. The number of hydrogen-bond donors (Lipinski definition) is 2. The van der Waals surface area contributed by atoms with Crippen molar-refractivity contribution in [3.05, 3.63) is 83.9 Å². The van der Waals surface area contributed by atoms with Crippen LogP contribution in [-0.4, -0.2) is 45.7 Å². The predicted octanol–water partition coefficient (Wildman–Crippen LogP) is 4.80. The Kier molecular flexibility index (Phi) is 7.44. The van der Waals surface area contributed by atoms with Crippen LogP contribution in [-0.2, 0) is 0 Å². The fraction of sp³-hybridized carbons (Fsp3) is 0.259. The van der Waals surface area contributed by atoms with Crippen LogP contribution in [0.4, 0.5) is 5.69 Å². The summed E-state index contributed by atoms with van der Waals surface area (Å²) < 4.78 is 13.1. The Morgan fingerprint density at radius 2 is 1.68 bits per heavy atom. The molecule has 0 amide bonds. The predicted molar refractivity (Wildman–Crippen MR) is 134 cm³/mol. The SMILES string of the molecule is CCOc1nc(-c2ccc(C)cc2)n(-c2ccc(NC[C@@H](O)COc3ccccc3C)cc2)n1. The number of aliphatic hydroxyl groups excluding tert-OH is 1. The van der Waals surface area contributed by atoms with Gasteiger partial charge in [-0.05, 0) is 56.7 Å². The zero-order chi connectivity index (χ0) is 23.9. The van der Waals surface area contributed by atoms with Gasteiger partial charge in [-0.3, -0.25) is 0 Å². The molecule has 7 nitrogen and oxygen atoms in total. The highest BCUT2D eigenvalue weighted by molar-refractivity contribution is 5.60. The lowest BCUT2D eigenvalue weighted by molar-refractivity contribution is 0.117. The summed E-state index contributed by atoms with van der Waals surface area (Å²) in [6.45, 7) is 7.03. The van der Waals surface area contributed by atoms with Crippen LogP contribution in [0, 0.1) is 13.8 Å². The molecule has 4 rings (SSSR count). The first kappa shape index (κ1) is 23.3. The van der Waals surface area contributed by atoms with E-state index in [1.54, 1.807) is 4.68 Å². The standard InChI is InChI=1S/C27H30N4O3/c1-4-33-27-29-26(21-11-9-19(2)10-12-21)31(30-27)23-15-13-22(14-16-23)28-17-24(32)18-34-25-8-6-5-7-20(25)3/h5-16,24,28,32H,4,17-18H2,1-3H3/t24-/m1/s1. The van der Waals surface area contributed by atoms with Gasteiger partial charge in [-0.2, -0.15) is 4.98 Å². The van der Waals surface area contributed by atoms with Crippen molar-refractivity contribution in [2.45, 2.75) is 26.9 Å². The smallest absolute Gasteiger partial charge is 0.336 e. The van der Waals surface area contributed by atoms with E-state index < -0.39 is 6.10 Å². The first-order chi connectivity index (χ1) is 16.5. The number of aryl methyl sites for hydroxylation is 2. The second-order valence-electron chi connectivity index (χ2n) is 8.09. The third kappa shape index (κ3) is 5.74. The third-order valence-corrected chi connectivity index (χ3v) is 5.35. The summed E-state index contributed by atoms with van der Waals surface area (Å²) in [5, 5.41) is 18.1. The Bertz CT molecular complexity index is 1200. The molecule has 7 heteroatoms. The lowest BCUT2D eigenvalue weighted by Crippen LogP contribution is -2.26. The second-order valence-corrected chi connectivity index (χ2v) is 8.09. The zero-order valence-electron chi connectivity index (χ0n) is 19.7. The summed E-state index contributed by atoms with van der Waals surface area (Å²) in [7, 11) is 0. The van der Waals surface area contributed by atoms with Crippen molar-refractivity contribution in [1.82, 2.24) is 14.8 Å². The summed E-state index contributed by atoms with van der Waals surface area (Å²) in [6, 6.07) is 24.1. The van der Waals surface area contributed by atoms with E-state index in [9.17, 15) is 5.11 Å². The Morgan fingerprint density at radius 3 is 2.38 bits per heavy atom. The Balaban J connectivity index is 1.42. The fourth-order valence-corrected chi connectivity index (χ4v) is 3.47. The highest BCUT2D eigenvalue weighted by Gasteiger charge is 2.15. The zero-order valence-corrected chi connectivity index (χ0v) is 19.7. The van der Waals surface area contributed by atoms with Crippen LogP contribution in [0.5, 0.6) is 11.8 Å². The number of aliphatic hydroxyl groups is 1. The minimum Gasteiger partial charge on any atom is -0.491 e. The van der Waals surface area contributed by atoms with Gasteiger partial charge in [-0.1, -0.05) is 48.0 Å². The number of nitrogens with one attached hydrogen (secondary N) is 1. The van der Waals surface area contributed by atoms with Gasteiger partial charge in [0.2, 0.25) is 0 Å². The molecule has 0 unspecified atom stereocenters. The number of rotatable bonds is 10. The Labute approximate surface area is 200 Å². The average Bonchev–Trinajstić information content (AvgIpc) is 3.27. The summed E-state index contributed by atoms with van der Waals surface area (Å²) in [5.74, 6) is 1.50. The molecule has 0 saturated carbocycles. The molecule has 2 N–H and O–H groups in total. The lowest BCUT2D eigenvalue weighted by atomic mass is 10.1. The van der Waals surface area contributed by atoms with Crippen LogP contribution in [0.2, 0.25) is 0 Å². The van der Waals surface area contributed by atoms with Crippen molar-refractivity contribution in [1.29, 1.82) is 0 Å². The van der Waals surface area contributed by atoms with E-state index in [-0.39, 0.29) is 6.61 Å². The highest BCUT2D eigenvalue weighted by atomic mass is 16.5. The molecule has 3 aromatic carbocycles. The van der Waals surface area contributed by atoms with E-state index in [2.05, 4.69) is 34.5 Å². The van der Waals surface area contributed by atoms with Gasteiger partial charge in [0.25, 0.3) is 0 Å². The van der Waals surface area contributed by atoms with Crippen LogP contribution in [0.1, 0.15) is 18.1 Å². The number of anilines is 1. The van der Waals surface area contributed by atoms with Gasteiger partial charge < -0.3 is 19.9 Å². The lowest BCUT2D eigenvalue weighted by Gasteiger charge is -2.15.